The molecule has 18 rings (SSSR count). The van der Waals surface area contributed by atoms with E-state index in [0.717, 1.165) is 112 Å². The number of amides is 2. The number of hydrogen-bond acceptors (Lipinski definition) is 24. The highest BCUT2D eigenvalue weighted by molar-refractivity contribution is 7.90. The summed E-state index contributed by atoms with van der Waals surface area (Å²) in [5.74, 6) is 3.25. The summed E-state index contributed by atoms with van der Waals surface area (Å²) in [7, 11) is -9.38. The van der Waals surface area contributed by atoms with Gasteiger partial charge in [0.15, 0.2) is 0 Å². The van der Waals surface area contributed by atoms with Crippen LogP contribution in [0.3, 0.4) is 0 Å². The van der Waals surface area contributed by atoms with E-state index >= 15 is 0 Å². The van der Waals surface area contributed by atoms with E-state index in [1.807, 2.05) is 71.6 Å². The van der Waals surface area contributed by atoms with Gasteiger partial charge >= 0.3 is 6.03 Å². The molecular weight excluding hydrogens is 1580 g/mol. The first-order chi connectivity index (χ1) is 55.6. The van der Waals surface area contributed by atoms with Gasteiger partial charge in [-0.1, -0.05) is 61.4 Å². The van der Waals surface area contributed by atoms with Gasteiger partial charge in [-0.2, -0.15) is 17.2 Å². The Morgan fingerprint density at radius 3 is 1.52 bits per heavy atom. The van der Waals surface area contributed by atoms with Crippen molar-refractivity contribution in [2.24, 2.45) is 5.92 Å². The number of carbonyl (C=O) groups is 1. The Bertz CT molecular complexity index is 4840. The van der Waals surface area contributed by atoms with Crippen molar-refractivity contribution in [2.75, 3.05) is 151 Å². The minimum Gasteiger partial charge on any atom is -0.497 e. The minimum absolute atomic E-state index is 0.0141. The normalized spacial score (nSPS) is 24.8. The summed E-state index contributed by atoms with van der Waals surface area (Å²) in [6, 6.07) is 44.1. The molecule has 4 atom stereocenters. The van der Waals surface area contributed by atoms with Gasteiger partial charge in [-0.15, -0.1) is 11.3 Å². The molecule has 1 aromatic heterocycles. The Morgan fingerprint density at radius 2 is 0.974 bits per heavy atom. The van der Waals surface area contributed by atoms with Crippen molar-refractivity contribution in [1.82, 2.24) is 48.7 Å². The van der Waals surface area contributed by atoms with Crippen LogP contribution in [-0.2, 0) is 63.8 Å². The van der Waals surface area contributed by atoms with Crippen LogP contribution in [0.4, 0.5) is 10.5 Å². The zero-order valence-electron chi connectivity index (χ0n) is 65.4. The number of methoxy groups -OCH3 is 3. The van der Waals surface area contributed by atoms with Crippen LogP contribution in [0.25, 0.3) is 10.1 Å². The number of sulfonamides is 4. The van der Waals surface area contributed by atoms with Crippen molar-refractivity contribution in [3.05, 3.63) is 157 Å². The van der Waals surface area contributed by atoms with Crippen LogP contribution in [0, 0.1) is 5.92 Å². The molecule has 4 unspecified atom stereocenters. The maximum absolute atomic E-state index is 13.3. The number of nitrogens with zero attached hydrogens (tertiary/aromatic N) is 5. The number of nitrogens with one attached hydrogen (secondary N) is 6. The van der Waals surface area contributed by atoms with Crippen molar-refractivity contribution in [3.63, 3.8) is 0 Å². The fourth-order valence-electron chi connectivity index (χ4n) is 17.4. The first-order valence-corrected chi connectivity index (χ1v) is 46.4. The minimum atomic E-state index is -3.63. The van der Waals surface area contributed by atoms with Crippen LogP contribution in [0.5, 0.6) is 28.7 Å². The van der Waals surface area contributed by atoms with Gasteiger partial charge in [-0.25, -0.2) is 38.5 Å². The first kappa shape index (κ1) is 84.4. The van der Waals surface area contributed by atoms with Gasteiger partial charge in [-0.05, 0) is 135 Å². The van der Waals surface area contributed by atoms with E-state index < -0.39 is 45.8 Å². The predicted molar refractivity (Wildman–Crippen MR) is 435 cm³/mol. The lowest BCUT2D eigenvalue weighted by atomic mass is 9.74. The average Bonchev–Trinajstić information content (AvgIpc) is 1.65. The molecule has 1 saturated carbocycles. The van der Waals surface area contributed by atoms with E-state index in [-0.39, 0.29) is 50.7 Å². The second-order valence-corrected chi connectivity index (χ2v) is 38.7. The summed E-state index contributed by atoms with van der Waals surface area (Å²) in [4.78, 5) is 15.3. The van der Waals surface area contributed by atoms with Gasteiger partial charge in [0.05, 0.1) is 64.2 Å². The largest absolute Gasteiger partial charge is 0.497 e. The van der Waals surface area contributed by atoms with Gasteiger partial charge in [0.1, 0.15) is 67.2 Å². The molecule has 11 fully saturated rings. The van der Waals surface area contributed by atoms with Gasteiger partial charge in [0.25, 0.3) is 0 Å². The van der Waals surface area contributed by atoms with Crippen molar-refractivity contribution < 1.29 is 81.1 Å². The number of fused-ring (bicyclic) bond motifs is 3. The van der Waals surface area contributed by atoms with Crippen LogP contribution < -0.4 is 50.8 Å². The Balaban J connectivity index is 0.000000119. The Labute approximate surface area is 679 Å². The number of carbonyl (C=O) groups excluding carboxylic acids is 1. The lowest BCUT2D eigenvalue weighted by Gasteiger charge is -2.51. The molecule has 0 bridgehead atoms. The Kier molecular flexibility index (Phi) is 26.9. The second-order valence-electron chi connectivity index (χ2n) is 30.2. The molecule has 11 heterocycles. The molecule has 115 heavy (non-hydrogen) atoms. The van der Waals surface area contributed by atoms with E-state index in [1.54, 1.807) is 120 Å². The number of urea groups is 1. The molecule has 10 aliphatic heterocycles. The number of benzene rings is 6. The van der Waals surface area contributed by atoms with Gasteiger partial charge in [0, 0.05) is 163 Å². The number of hydrogen-bond donors (Lipinski definition) is 6. The van der Waals surface area contributed by atoms with E-state index in [1.165, 1.54) is 19.9 Å². The first-order valence-electron chi connectivity index (χ1n) is 39.8. The highest BCUT2D eigenvalue weighted by Crippen LogP contribution is 2.46. The molecule has 7 aromatic rings. The number of rotatable bonds is 14. The molecule has 6 N–H and O–H groups in total. The monoisotopic (exact) mass is 1680 g/mol. The summed E-state index contributed by atoms with van der Waals surface area (Å²) < 4.78 is 162. The SMILES string of the molecule is COc1ccc(NC(=O)N2CCC3(CC2)NCCO3)cc1.COc1ccc(S(=O)(=O)N2CCC3(NCCO3)C3CCCCC32)cc1.COc1ccc(S(=O)(=O)N2CCOC23CCCNC3)cc1.O=S(=O)(c1ccccc1Oc1ccccc1)N1CCC2(CC1)NCCO2.O=S(=O)(c1csc2ccccc12)N1CCC2(CC1)NCCO2. The third-order valence-corrected chi connectivity index (χ3v) is 32.5. The summed E-state index contributed by atoms with van der Waals surface area (Å²) in [6.07, 6.45) is 10.9. The van der Waals surface area contributed by atoms with Crippen molar-refractivity contribution in [3.8, 4) is 28.7 Å². The van der Waals surface area contributed by atoms with Crippen molar-refractivity contribution >= 4 is 73.2 Å². The van der Waals surface area contributed by atoms with Crippen LogP contribution in [0.15, 0.2) is 177 Å². The third-order valence-electron chi connectivity index (χ3n) is 23.6. The molecule has 10 saturated heterocycles. The van der Waals surface area contributed by atoms with Crippen LogP contribution in [0.2, 0.25) is 0 Å². The maximum atomic E-state index is 13.3. The van der Waals surface area contributed by atoms with Gasteiger partial charge < -0.3 is 58.2 Å². The summed E-state index contributed by atoms with van der Waals surface area (Å²) in [5.41, 5.74) is -1.13. The molecule has 0 radical (unpaired) electrons. The van der Waals surface area contributed by atoms with Crippen molar-refractivity contribution in [2.45, 2.75) is 138 Å². The fraction of sp³-hybridized carbons (Fsp3) is 0.519. The predicted octanol–water partition coefficient (Wildman–Crippen LogP) is 8.98. The Hall–Kier alpha value is -7.01. The zero-order chi connectivity index (χ0) is 80.4. The number of likely N-dealkylation sites (tertiary alicyclic amines) is 1. The molecule has 5 spiro atoms. The van der Waals surface area contributed by atoms with E-state index in [2.05, 4.69) is 31.9 Å². The lowest BCUT2D eigenvalue weighted by Crippen LogP contribution is -2.64. The zero-order valence-corrected chi connectivity index (χ0v) is 69.5. The molecule has 34 heteroatoms. The summed E-state index contributed by atoms with van der Waals surface area (Å²) >= 11 is 1.48. The molecular formula is C81H107N11O18S5. The fourth-order valence-corrected chi connectivity index (χ4v) is 25.2. The van der Waals surface area contributed by atoms with Crippen LogP contribution in [-0.4, -0.2) is 242 Å². The second kappa shape index (κ2) is 36.7. The molecule has 1 aliphatic carbocycles. The number of thiophene rings is 1. The van der Waals surface area contributed by atoms with Gasteiger partial charge in [0.2, 0.25) is 40.1 Å². The maximum Gasteiger partial charge on any atom is 0.321 e. The molecule has 624 valence electrons. The van der Waals surface area contributed by atoms with Crippen LogP contribution in [0.1, 0.15) is 83.5 Å². The highest BCUT2D eigenvalue weighted by Gasteiger charge is 2.55. The summed E-state index contributed by atoms with van der Waals surface area (Å²) in [6.45, 7) is 12.3. The van der Waals surface area contributed by atoms with E-state index in [0.29, 0.717) is 150 Å². The highest BCUT2D eigenvalue weighted by atomic mass is 32.2. The standard InChI is InChI=1S/C19H22N2O4S.C18H26N2O4S.C15H21N3O3.C15H18N2O3S2.C14H20N2O4S/c22-26(23,21-13-10-19(11-14-21)20-12-15-24-19)18-9-5-4-8-17(18)25-16-6-2-1-3-7-16;1-23-14-6-8-15(9-7-14)25(21,22)20-12-10-18(19-11-13-24-18)16-4-2-3-5-17(16)20;1-20-13-4-2-12(3-5-13)17-14(19)18-9-6-15(7-10-18)16-8-11-21-15;18-22(19,14-11-21-13-4-2-1-3-12(13)14)17-8-5-15(6-9-17)16-7-10-20-15;1-19-12-3-5-13(6-4-12)21(17,18)16-9-10-20-14(16)7-2-8-15-11-14/h1-9,20H,10-15H2;6-9,16-17,19H,2-5,10-13H2,1H3;2-5,16H,6-11H2,1H3,(H,17,19);1-4,11,16H,5-10H2;3-6,15H,2,7-11H2,1H3. The lowest BCUT2D eigenvalue weighted by molar-refractivity contribution is -0.120. The van der Waals surface area contributed by atoms with Crippen LogP contribution >= 0.6 is 11.3 Å². The molecule has 11 aliphatic rings. The number of para-hydroxylation sites is 2. The van der Waals surface area contributed by atoms with E-state index in [4.69, 9.17) is 42.6 Å². The smallest absolute Gasteiger partial charge is 0.321 e. The quantitative estimate of drug-likeness (QED) is 0.0591. The summed E-state index contributed by atoms with van der Waals surface area (Å²) in [5, 5.41) is 22.4. The van der Waals surface area contributed by atoms with Crippen molar-refractivity contribution in [1.29, 1.82) is 0 Å². The molecule has 29 nitrogen and oxygen atoms in total. The topological polar surface area (TPSA) is 325 Å². The average molecular weight is 1680 g/mol. The third kappa shape index (κ3) is 18.9. The van der Waals surface area contributed by atoms with Gasteiger partial charge in [-0.3, -0.25) is 21.3 Å². The number of ether oxygens (including phenoxy) is 9. The van der Waals surface area contributed by atoms with E-state index in [9.17, 15) is 38.5 Å². The number of piperidine rings is 5. The number of anilines is 1. The molecule has 2 amide bonds. The molecule has 6 aromatic carbocycles. The Morgan fingerprint density at radius 1 is 0.461 bits per heavy atom.